The second-order valence-electron chi connectivity index (χ2n) is 5.30. The van der Waals surface area contributed by atoms with E-state index in [-0.39, 0.29) is 0 Å². The Morgan fingerprint density at radius 2 is 1.76 bits per heavy atom. The van der Waals surface area contributed by atoms with E-state index in [0.29, 0.717) is 0 Å². The van der Waals surface area contributed by atoms with Crippen LogP contribution in [0.2, 0.25) is 0 Å². The van der Waals surface area contributed by atoms with Crippen LogP contribution in [0.5, 0.6) is 0 Å². The fourth-order valence-electron chi connectivity index (χ4n) is 1.81. The molecule has 17 heavy (non-hydrogen) atoms. The molecule has 3 heteroatoms. The molecule has 0 rings (SSSR count). The van der Waals surface area contributed by atoms with Crippen LogP contribution < -0.4 is 0 Å². The van der Waals surface area contributed by atoms with E-state index in [1.807, 2.05) is 0 Å². The molecule has 1 atom stereocenters. The van der Waals surface area contributed by atoms with Crippen LogP contribution >= 0.6 is 8.58 Å². The van der Waals surface area contributed by atoms with E-state index in [9.17, 15) is 0 Å². The predicted molar refractivity (Wildman–Crippen MR) is 80.5 cm³/mol. The Hall–Kier alpha value is 0.350. The highest BCUT2D eigenvalue weighted by atomic mass is 31.1. The summed E-state index contributed by atoms with van der Waals surface area (Å²) in [6.07, 6.45) is 7.62. The Bertz CT molecular complexity index is 153. The fourth-order valence-corrected chi connectivity index (χ4v) is 2.51. The van der Waals surface area contributed by atoms with Gasteiger partial charge in [0, 0.05) is 19.5 Å². The minimum absolute atomic E-state index is 0.813. The number of rotatable bonds is 12. The molecular formula is C14H32NOP. The quantitative estimate of drug-likeness (QED) is 0.391. The lowest BCUT2D eigenvalue weighted by Crippen LogP contribution is -2.18. The number of hydrogen-bond donors (Lipinski definition) is 0. The van der Waals surface area contributed by atoms with Crippen LogP contribution in [-0.4, -0.2) is 44.7 Å². The first-order valence-electron chi connectivity index (χ1n) is 7.07. The molecule has 0 bridgehead atoms. The average molecular weight is 261 g/mol. The highest BCUT2D eigenvalue weighted by Gasteiger charge is 1.97. The van der Waals surface area contributed by atoms with Crippen molar-refractivity contribution < 1.29 is 4.74 Å². The van der Waals surface area contributed by atoms with Crippen molar-refractivity contribution in [2.24, 2.45) is 5.92 Å². The first-order chi connectivity index (χ1) is 8.16. The summed E-state index contributed by atoms with van der Waals surface area (Å²) in [7, 11) is 3.27. The molecule has 0 saturated carbocycles. The Morgan fingerprint density at radius 1 is 1.06 bits per heavy atom. The van der Waals surface area contributed by atoms with Crippen molar-refractivity contribution in [3.63, 3.8) is 0 Å². The van der Waals surface area contributed by atoms with Crippen LogP contribution in [-0.2, 0) is 4.74 Å². The van der Waals surface area contributed by atoms with Gasteiger partial charge < -0.3 is 9.64 Å². The maximum Gasteiger partial charge on any atom is 0.0466 e. The first kappa shape index (κ1) is 17.4. The van der Waals surface area contributed by atoms with E-state index in [4.69, 9.17) is 4.74 Å². The Kier molecular flexibility index (Phi) is 13.1. The van der Waals surface area contributed by atoms with E-state index in [1.54, 1.807) is 0 Å². The van der Waals surface area contributed by atoms with E-state index in [0.717, 1.165) is 27.7 Å². The molecule has 0 spiro atoms. The minimum Gasteiger partial charge on any atom is -0.381 e. The van der Waals surface area contributed by atoms with Crippen molar-refractivity contribution in [1.82, 2.24) is 4.90 Å². The highest BCUT2D eigenvalue weighted by Crippen LogP contribution is 2.06. The molecule has 2 nitrogen and oxygen atoms in total. The van der Waals surface area contributed by atoms with Crippen LogP contribution in [0.15, 0.2) is 0 Å². The summed E-state index contributed by atoms with van der Waals surface area (Å²) in [4.78, 5) is 2.43. The molecule has 0 amide bonds. The summed E-state index contributed by atoms with van der Waals surface area (Å²) in [5, 5.41) is 0. The molecule has 0 aliphatic rings. The molecule has 1 unspecified atom stereocenters. The first-order valence-corrected chi connectivity index (χ1v) is 8.78. The van der Waals surface area contributed by atoms with Crippen molar-refractivity contribution in [1.29, 1.82) is 0 Å². The van der Waals surface area contributed by atoms with Gasteiger partial charge in [0.05, 0.1) is 0 Å². The van der Waals surface area contributed by atoms with Crippen LogP contribution in [0.1, 0.15) is 46.0 Å². The largest absolute Gasteiger partial charge is 0.381 e. The zero-order valence-electron chi connectivity index (χ0n) is 12.3. The molecule has 0 fully saturated rings. The molecule has 104 valence electrons. The van der Waals surface area contributed by atoms with Gasteiger partial charge in [-0.05, 0) is 58.3 Å². The zero-order chi connectivity index (χ0) is 12.9. The molecule has 0 aromatic rings. The summed E-state index contributed by atoms with van der Waals surface area (Å²) in [5.74, 6) is 0.813. The number of hydrogen-bond acceptors (Lipinski definition) is 2. The lowest BCUT2D eigenvalue weighted by Gasteiger charge is -2.14. The Labute approximate surface area is 110 Å². The Balaban J connectivity index is 3.03. The topological polar surface area (TPSA) is 12.5 Å². The third-order valence-electron chi connectivity index (χ3n) is 2.83. The molecule has 0 aromatic carbocycles. The van der Waals surface area contributed by atoms with Crippen molar-refractivity contribution in [2.45, 2.75) is 46.0 Å². The average Bonchev–Trinajstić information content (AvgIpc) is 2.27. The van der Waals surface area contributed by atoms with Gasteiger partial charge in [-0.1, -0.05) is 13.8 Å². The van der Waals surface area contributed by atoms with Gasteiger partial charge in [-0.3, -0.25) is 0 Å². The maximum absolute atomic E-state index is 5.63. The molecule has 0 radical (unpaired) electrons. The monoisotopic (exact) mass is 261 g/mol. The van der Waals surface area contributed by atoms with Crippen LogP contribution in [0.25, 0.3) is 0 Å². The summed E-state index contributed by atoms with van der Waals surface area (Å²) >= 11 is 0. The summed E-state index contributed by atoms with van der Waals surface area (Å²) < 4.78 is 5.63. The second kappa shape index (κ2) is 12.8. The Morgan fingerprint density at radius 3 is 2.41 bits per heavy atom. The molecular weight excluding hydrogens is 229 g/mol. The minimum atomic E-state index is 0.813. The van der Waals surface area contributed by atoms with Crippen LogP contribution in [0.4, 0.5) is 0 Å². The van der Waals surface area contributed by atoms with Crippen molar-refractivity contribution in [2.75, 3.05) is 39.8 Å². The van der Waals surface area contributed by atoms with Gasteiger partial charge in [0.25, 0.3) is 0 Å². The van der Waals surface area contributed by atoms with Gasteiger partial charge in [-0.2, -0.15) is 0 Å². The van der Waals surface area contributed by atoms with Crippen LogP contribution in [0, 0.1) is 5.92 Å². The van der Waals surface area contributed by atoms with E-state index >= 15 is 0 Å². The zero-order valence-corrected chi connectivity index (χ0v) is 13.3. The lowest BCUT2D eigenvalue weighted by atomic mass is 10.1. The van der Waals surface area contributed by atoms with Crippen molar-refractivity contribution in [3.8, 4) is 0 Å². The third kappa shape index (κ3) is 14.3. The molecule has 0 aromatic heterocycles. The molecule has 0 heterocycles. The highest BCUT2D eigenvalue weighted by molar-refractivity contribution is 7.36. The third-order valence-corrected chi connectivity index (χ3v) is 3.68. The summed E-state index contributed by atoms with van der Waals surface area (Å²) in [6, 6.07) is 0. The maximum atomic E-state index is 5.63. The summed E-state index contributed by atoms with van der Waals surface area (Å²) in [6.45, 7) is 9.96. The number of ether oxygens (including phenoxy) is 1. The van der Waals surface area contributed by atoms with Crippen molar-refractivity contribution >= 4 is 8.58 Å². The van der Waals surface area contributed by atoms with Gasteiger partial charge in [-0.25, -0.2) is 0 Å². The van der Waals surface area contributed by atoms with Crippen LogP contribution in [0.3, 0.4) is 0 Å². The molecule has 0 N–H and O–H groups in total. The number of unbranched alkanes of at least 4 members (excludes halogenated alkanes) is 2. The van der Waals surface area contributed by atoms with Crippen molar-refractivity contribution in [3.05, 3.63) is 0 Å². The normalized spacial score (nSPS) is 12.4. The molecule has 0 aliphatic heterocycles. The fraction of sp³-hybridized carbons (Fsp3) is 1.00. The summed E-state index contributed by atoms with van der Waals surface area (Å²) in [5.41, 5.74) is 0. The lowest BCUT2D eigenvalue weighted by molar-refractivity contribution is 0.123. The van der Waals surface area contributed by atoms with Gasteiger partial charge in [-0.15, -0.1) is 8.58 Å². The van der Waals surface area contributed by atoms with E-state index in [2.05, 4.69) is 32.5 Å². The smallest absolute Gasteiger partial charge is 0.0466 e. The van der Waals surface area contributed by atoms with Gasteiger partial charge in [0.1, 0.15) is 0 Å². The second-order valence-corrected chi connectivity index (χ2v) is 6.32. The molecule has 0 saturated heterocycles. The standard InChI is InChI=1S/C14H32NOP/c1-14(2)9-8-12-16-11-7-5-6-10-15(3)13-17-4/h14,17H,5-13H2,1-4H3. The van der Waals surface area contributed by atoms with E-state index < -0.39 is 0 Å². The van der Waals surface area contributed by atoms with Gasteiger partial charge in [0.15, 0.2) is 0 Å². The van der Waals surface area contributed by atoms with E-state index in [1.165, 1.54) is 44.9 Å². The van der Waals surface area contributed by atoms with Gasteiger partial charge in [0.2, 0.25) is 0 Å². The SMILES string of the molecule is CPCN(C)CCCCCOCCCC(C)C. The van der Waals surface area contributed by atoms with Gasteiger partial charge >= 0.3 is 0 Å². The number of nitrogens with zero attached hydrogens (tertiary/aromatic N) is 1. The predicted octanol–water partition coefficient (Wildman–Crippen LogP) is 3.81. The molecule has 0 aliphatic carbocycles.